The Morgan fingerprint density at radius 2 is 1.45 bits per heavy atom. The van der Waals surface area contributed by atoms with Crippen molar-refractivity contribution in [2.75, 3.05) is 37.6 Å². The minimum absolute atomic E-state index is 0.00405. The van der Waals surface area contributed by atoms with Crippen LogP contribution in [0.3, 0.4) is 0 Å². The van der Waals surface area contributed by atoms with Crippen LogP contribution >= 0.6 is 0 Å². The van der Waals surface area contributed by atoms with E-state index in [0.717, 1.165) is 24.5 Å². The number of piperazine rings is 1. The van der Waals surface area contributed by atoms with E-state index >= 15 is 0 Å². The number of nitrogens with zero attached hydrogens (tertiary/aromatic N) is 4. The van der Waals surface area contributed by atoms with Gasteiger partial charge in [0.25, 0.3) is 0 Å². The second-order valence-electron chi connectivity index (χ2n) is 8.48. The molecule has 33 heavy (non-hydrogen) atoms. The molecule has 0 spiro atoms. The van der Waals surface area contributed by atoms with Gasteiger partial charge in [-0.15, -0.1) is 0 Å². The maximum atomic E-state index is 13.5. The highest BCUT2D eigenvalue weighted by atomic mass is 32.2. The summed E-state index contributed by atoms with van der Waals surface area (Å²) in [5.74, 6) is -0.00405. The summed E-state index contributed by atoms with van der Waals surface area (Å²) in [6.45, 7) is 3.72. The number of anilines is 1. The van der Waals surface area contributed by atoms with Crippen LogP contribution in [0.2, 0.25) is 0 Å². The molecule has 0 radical (unpaired) electrons. The normalized spacial score (nSPS) is 19.3. The highest BCUT2D eigenvalue weighted by Crippen LogP contribution is 2.34. The molecule has 2 aliphatic rings. The van der Waals surface area contributed by atoms with Crippen molar-refractivity contribution < 1.29 is 13.2 Å². The topological polar surface area (TPSA) is 65.9 Å². The summed E-state index contributed by atoms with van der Waals surface area (Å²) in [6, 6.07) is 22.0. The zero-order chi connectivity index (χ0) is 22.8. The van der Waals surface area contributed by atoms with Crippen LogP contribution in [0.1, 0.15) is 18.2 Å². The molecule has 1 amide bonds. The number of hydrogen-bond donors (Lipinski definition) is 0. The number of hydrogen-bond acceptors (Lipinski definition) is 4. The first-order chi connectivity index (χ1) is 16.0. The zero-order valence-electron chi connectivity index (χ0n) is 18.5. The van der Waals surface area contributed by atoms with Gasteiger partial charge in [-0.05, 0) is 36.4 Å². The summed E-state index contributed by atoms with van der Waals surface area (Å²) in [5, 5.41) is 0. The van der Waals surface area contributed by atoms with Gasteiger partial charge in [-0.25, -0.2) is 8.42 Å². The molecule has 3 heterocycles. The summed E-state index contributed by atoms with van der Waals surface area (Å²) in [5.41, 5.74) is 2.03. The van der Waals surface area contributed by atoms with E-state index < -0.39 is 16.1 Å². The van der Waals surface area contributed by atoms with Crippen LogP contribution in [0, 0.1) is 0 Å². The molecule has 3 aromatic rings. The van der Waals surface area contributed by atoms with E-state index in [-0.39, 0.29) is 17.2 Å². The maximum absolute atomic E-state index is 13.5. The molecule has 172 valence electrons. The van der Waals surface area contributed by atoms with E-state index in [4.69, 9.17) is 0 Å². The third kappa shape index (κ3) is 4.28. The second-order valence-corrected chi connectivity index (χ2v) is 10.4. The molecule has 2 aromatic carbocycles. The fourth-order valence-corrected chi connectivity index (χ4v) is 6.42. The van der Waals surface area contributed by atoms with Crippen molar-refractivity contribution in [2.24, 2.45) is 0 Å². The molecule has 1 unspecified atom stereocenters. The van der Waals surface area contributed by atoms with Crippen molar-refractivity contribution in [1.29, 1.82) is 0 Å². The van der Waals surface area contributed by atoms with Gasteiger partial charge in [-0.3, -0.25) is 4.79 Å². The Kier molecular flexibility index (Phi) is 5.95. The van der Waals surface area contributed by atoms with Crippen LogP contribution in [-0.2, 0) is 21.4 Å². The van der Waals surface area contributed by atoms with E-state index in [0.29, 0.717) is 26.2 Å². The van der Waals surface area contributed by atoms with Gasteiger partial charge in [0.15, 0.2) is 0 Å². The fraction of sp³-hybridized carbons (Fsp3) is 0.320. The Hall–Kier alpha value is -3.10. The molecule has 7 nitrogen and oxygen atoms in total. The standard InChI is InChI=1S/C25H28N4O3S/c30-25(28-16-14-26(15-17-28)21-8-3-1-4-9-21)20-24-23-12-7-13-27(23)18-19-29(24)33(31,32)22-10-5-2-6-11-22/h1-13,24H,14-20H2. The van der Waals surface area contributed by atoms with Crippen molar-refractivity contribution >= 4 is 21.6 Å². The number of para-hydroxylation sites is 1. The summed E-state index contributed by atoms with van der Waals surface area (Å²) < 4.78 is 30.5. The lowest BCUT2D eigenvalue weighted by Crippen LogP contribution is -2.50. The predicted molar refractivity (Wildman–Crippen MR) is 127 cm³/mol. The largest absolute Gasteiger partial charge is 0.368 e. The van der Waals surface area contributed by atoms with E-state index in [1.165, 1.54) is 4.31 Å². The van der Waals surface area contributed by atoms with Crippen LogP contribution in [0.5, 0.6) is 0 Å². The van der Waals surface area contributed by atoms with Gasteiger partial charge in [0.1, 0.15) is 0 Å². The molecule has 1 saturated heterocycles. The SMILES string of the molecule is O=C(CC1c2cccn2CCN1S(=O)(=O)c1ccccc1)N1CCN(c2ccccc2)CC1. The molecule has 2 aliphatic heterocycles. The molecule has 8 heteroatoms. The number of carbonyl (C=O) groups excluding carboxylic acids is 1. The molecule has 0 bridgehead atoms. The van der Waals surface area contributed by atoms with E-state index in [2.05, 4.69) is 21.6 Å². The maximum Gasteiger partial charge on any atom is 0.243 e. The van der Waals surface area contributed by atoms with Crippen molar-refractivity contribution in [3.63, 3.8) is 0 Å². The van der Waals surface area contributed by atoms with Crippen LogP contribution in [0.25, 0.3) is 0 Å². The molecule has 1 fully saturated rings. The van der Waals surface area contributed by atoms with Crippen molar-refractivity contribution in [1.82, 2.24) is 13.8 Å². The fourth-order valence-electron chi connectivity index (χ4n) is 4.81. The summed E-state index contributed by atoms with van der Waals surface area (Å²) >= 11 is 0. The number of fused-ring (bicyclic) bond motifs is 1. The molecular weight excluding hydrogens is 436 g/mol. The smallest absolute Gasteiger partial charge is 0.243 e. The first-order valence-corrected chi connectivity index (χ1v) is 12.8. The van der Waals surface area contributed by atoms with Gasteiger partial charge in [-0.2, -0.15) is 4.31 Å². The number of amides is 1. The van der Waals surface area contributed by atoms with Gasteiger partial charge in [0.05, 0.1) is 10.9 Å². The van der Waals surface area contributed by atoms with E-state index in [9.17, 15) is 13.2 Å². The lowest BCUT2D eigenvalue weighted by Gasteiger charge is -2.39. The van der Waals surface area contributed by atoms with E-state index in [1.54, 1.807) is 30.3 Å². The zero-order valence-corrected chi connectivity index (χ0v) is 19.3. The number of aromatic nitrogens is 1. The summed E-state index contributed by atoms with van der Waals surface area (Å²) in [7, 11) is -3.71. The third-order valence-electron chi connectivity index (χ3n) is 6.59. The van der Waals surface area contributed by atoms with E-state index in [1.807, 2.05) is 41.4 Å². The molecular formula is C25H28N4O3S. The quantitative estimate of drug-likeness (QED) is 0.582. The van der Waals surface area contributed by atoms with Crippen LogP contribution < -0.4 is 4.90 Å². The molecule has 0 saturated carbocycles. The number of carbonyl (C=O) groups is 1. The van der Waals surface area contributed by atoms with Gasteiger partial charge in [0, 0.05) is 63.3 Å². The monoisotopic (exact) mass is 464 g/mol. The Labute approximate surface area is 194 Å². The average Bonchev–Trinajstić information content (AvgIpc) is 3.35. The van der Waals surface area contributed by atoms with Gasteiger partial charge >= 0.3 is 0 Å². The minimum atomic E-state index is -3.71. The molecule has 1 atom stereocenters. The Balaban J connectivity index is 1.34. The molecule has 1 aromatic heterocycles. The van der Waals surface area contributed by atoms with Gasteiger partial charge in [-0.1, -0.05) is 36.4 Å². The third-order valence-corrected chi connectivity index (χ3v) is 8.51. The highest BCUT2D eigenvalue weighted by Gasteiger charge is 2.38. The Morgan fingerprint density at radius 1 is 0.788 bits per heavy atom. The minimum Gasteiger partial charge on any atom is -0.368 e. The van der Waals surface area contributed by atoms with Crippen molar-refractivity contribution in [2.45, 2.75) is 23.9 Å². The number of sulfonamides is 1. The first-order valence-electron chi connectivity index (χ1n) is 11.3. The van der Waals surface area contributed by atoms with Gasteiger partial charge in [0.2, 0.25) is 15.9 Å². The lowest BCUT2D eigenvalue weighted by molar-refractivity contribution is -0.132. The van der Waals surface area contributed by atoms with Crippen molar-refractivity contribution in [3.05, 3.63) is 84.7 Å². The number of benzene rings is 2. The lowest BCUT2D eigenvalue weighted by atomic mass is 10.1. The Bertz CT molecular complexity index is 1200. The average molecular weight is 465 g/mol. The van der Waals surface area contributed by atoms with Crippen LogP contribution in [-0.4, -0.2) is 60.8 Å². The Morgan fingerprint density at radius 3 is 2.15 bits per heavy atom. The molecule has 0 N–H and O–H groups in total. The van der Waals surface area contributed by atoms with Crippen molar-refractivity contribution in [3.8, 4) is 0 Å². The number of rotatable bonds is 5. The predicted octanol–water partition coefficient (Wildman–Crippen LogP) is 2.97. The highest BCUT2D eigenvalue weighted by molar-refractivity contribution is 7.89. The molecule has 0 aliphatic carbocycles. The first kappa shape index (κ1) is 21.7. The van der Waals surface area contributed by atoms with Crippen LogP contribution in [0.15, 0.2) is 83.9 Å². The summed E-state index contributed by atoms with van der Waals surface area (Å²) in [6.07, 6.45) is 2.10. The second kappa shape index (κ2) is 9.03. The molecule has 5 rings (SSSR count). The summed E-state index contributed by atoms with van der Waals surface area (Å²) in [4.78, 5) is 17.7. The van der Waals surface area contributed by atoms with Crippen LogP contribution in [0.4, 0.5) is 5.69 Å². The van der Waals surface area contributed by atoms with Gasteiger partial charge < -0.3 is 14.4 Å².